The van der Waals surface area contributed by atoms with Crippen molar-refractivity contribution in [1.29, 1.82) is 0 Å². The first-order valence-corrected chi connectivity index (χ1v) is 9.87. The summed E-state index contributed by atoms with van der Waals surface area (Å²) in [5, 5.41) is 11.2. The first-order chi connectivity index (χ1) is 15.0. The van der Waals surface area contributed by atoms with E-state index in [0.717, 1.165) is 28.1 Å². The first kappa shape index (κ1) is 20.3. The van der Waals surface area contributed by atoms with Gasteiger partial charge in [0.15, 0.2) is 0 Å². The van der Waals surface area contributed by atoms with Crippen LogP contribution in [0.15, 0.2) is 59.1 Å². The third-order valence-corrected chi connectivity index (χ3v) is 4.90. The van der Waals surface area contributed by atoms with Crippen molar-refractivity contribution in [3.63, 3.8) is 0 Å². The highest BCUT2D eigenvalue weighted by molar-refractivity contribution is 5.89. The molecular formula is C23H23N5O3. The van der Waals surface area contributed by atoms with Crippen molar-refractivity contribution in [3.05, 3.63) is 83.0 Å². The Labute approximate surface area is 179 Å². The number of hydrogen-bond donors (Lipinski definition) is 1. The minimum absolute atomic E-state index is 0.0865. The fraction of sp³-hybridized carbons (Fsp3) is 0.217. The van der Waals surface area contributed by atoms with Crippen molar-refractivity contribution in [3.8, 4) is 17.1 Å². The average Bonchev–Trinajstić information content (AvgIpc) is 3.39. The third kappa shape index (κ3) is 4.63. The molecule has 0 atom stereocenters. The first-order valence-electron chi connectivity index (χ1n) is 9.87. The number of ether oxygens (including phenoxy) is 1. The lowest BCUT2D eigenvalue weighted by Gasteiger charge is -2.07. The summed E-state index contributed by atoms with van der Waals surface area (Å²) in [4.78, 5) is 16.6. The van der Waals surface area contributed by atoms with Crippen LogP contribution in [-0.2, 0) is 13.1 Å². The van der Waals surface area contributed by atoms with Crippen LogP contribution in [0.3, 0.4) is 0 Å². The summed E-state index contributed by atoms with van der Waals surface area (Å²) in [6.07, 6.45) is 0. The van der Waals surface area contributed by atoms with Gasteiger partial charge >= 0.3 is 11.8 Å². The maximum absolute atomic E-state index is 12.4. The molecule has 31 heavy (non-hydrogen) atoms. The van der Waals surface area contributed by atoms with E-state index in [2.05, 4.69) is 20.6 Å². The van der Waals surface area contributed by atoms with Gasteiger partial charge in [0.25, 0.3) is 0 Å². The molecule has 158 valence electrons. The summed E-state index contributed by atoms with van der Waals surface area (Å²) < 4.78 is 12.4. The maximum Gasteiger partial charge on any atom is 0.316 e. The van der Waals surface area contributed by atoms with Gasteiger partial charge in [0.2, 0.25) is 5.82 Å². The number of aromatic nitrogens is 4. The Balaban J connectivity index is 1.41. The molecule has 0 bridgehead atoms. The van der Waals surface area contributed by atoms with E-state index in [1.54, 1.807) is 7.11 Å². The Morgan fingerprint density at radius 2 is 1.90 bits per heavy atom. The van der Waals surface area contributed by atoms with Crippen LogP contribution >= 0.6 is 0 Å². The van der Waals surface area contributed by atoms with Gasteiger partial charge in [-0.05, 0) is 31.5 Å². The van der Waals surface area contributed by atoms with Gasteiger partial charge in [-0.1, -0.05) is 47.6 Å². The summed E-state index contributed by atoms with van der Waals surface area (Å²) in [5.74, 6) is 0.539. The summed E-state index contributed by atoms with van der Waals surface area (Å²) >= 11 is 0. The van der Waals surface area contributed by atoms with Gasteiger partial charge in [-0.2, -0.15) is 10.1 Å². The molecule has 0 saturated heterocycles. The summed E-state index contributed by atoms with van der Waals surface area (Å²) in [7, 11) is 1.59. The predicted octanol–water partition coefficient (Wildman–Crippen LogP) is 3.54. The van der Waals surface area contributed by atoms with Gasteiger partial charge in [0, 0.05) is 23.4 Å². The molecule has 8 nitrogen and oxygen atoms in total. The molecular weight excluding hydrogens is 394 g/mol. The average molecular weight is 417 g/mol. The van der Waals surface area contributed by atoms with Crippen LogP contribution in [0.4, 0.5) is 0 Å². The van der Waals surface area contributed by atoms with Crippen LogP contribution in [0.5, 0.6) is 5.75 Å². The van der Waals surface area contributed by atoms with Gasteiger partial charge < -0.3 is 14.6 Å². The number of rotatable bonds is 7. The van der Waals surface area contributed by atoms with Crippen LogP contribution in [0.1, 0.15) is 33.2 Å². The molecule has 0 aliphatic carbocycles. The standard InChI is InChI=1S/C23H23N5O3/c1-15-12-16(2)28(26-15)14-17-8-10-18(11-9-17)21-25-23(31-27-21)22(29)24-13-19-6-4-5-7-20(19)30-3/h4-12H,13-14H2,1-3H3,(H,24,29). The lowest BCUT2D eigenvalue weighted by Crippen LogP contribution is -2.23. The van der Waals surface area contributed by atoms with Crippen molar-refractivity contribution in [2.24, 2.45) is 0 Å². The monoisotopic (exact) mass is 417 g/mol. The number of methoxy groups -OCH3 is 1. The lowest BCUT2D eigenvalue weighted by atomic mass is 10.1. The number of carbonyl (C=O) groups excluding carboxylic acids is 1. The molecule has 0 fully saturated rings. The second kappa shape index (κ2) is 8.83. The number of nitrogens with zero attached hydrogens (tertiary/aromatic N) is 4. The van der Waals surface area contributed by atoms with Crippen molar-refractivity contribution >= 4 is 5.91 Å². The molecule has 0 spiro atoms. The molecule has 4 rings (SSSR count). The Kier molecular flexibility index (Phi) is 5.79. The van der Waals surface area contributed by atoms with E-state index >= 15 is 0 Å². The fourth-order valence-electron chi connectivity index (χ4n) is 3.30. The molecule has 4 aromatic rings. The number of nitrogens with one attached hydrogen (secondary N) is 1. The van der Waals surface area contributed by atoms with Crippen LogP contribution in [-0.4, -0.2) is 32.9 Å². The van der Waals surface area contributed by atoms with Crippen molar-refractivity contribution in [1.82, 2.24) is 25.2 Å². The third-order valence-electron chi connectivity index (χ3n) is 4.90. The molecule has 0 aliphatic rings. The molecule has 0 aliphatic heterocycles. The molecule has 0 saturated carbocycles. The van der Waals surface area contributed by atoms with Gasteiger partial charge in [0.1, 0.15) is 5.75 Å². The zero-order chi connectivity index (χ0) is 21.8. The van der Waals surface area contributed by atoms with E-state index in [1.807, 2.05) is 73.1 Å². The molecule has 2 aromatic heterocycles. The van der Waals surface area contributed by atoms with Crippen molar-refractivity contribution in [2.45, 2.75) is 26.9 Å². The molecule has 1 amide bonds. The Morgan fingerprint density at radius 1 is 1.13 bits per heavy atom. The molecule has 0 radical (unpaired) electrons. The van der Waals surface area contributed by atoms with E-state index in [1.165, 1.54) is 0 Å². The van der Waals surface area contributed by atoms with Crippen molar-refractivity contribution < 1.29 is 14.1 Å². The number of aryl methyl sites for hydroxylation is 2. The van der Waals surface area contributed by atoms with Crippen LogP contribution < -0.4 is 10.1 Å². The number of hydrogen-bond acceptors (Lipinski definition) is 6. The van der Waals surface area contributed by atoms with E-state index in [9.17, 15) is 4.79 Å². The highest BCUT2D eigenvalue weighted by atomic mass is 16.5. The largest absolute Gasteiger partial charge is 0.496 e. The minimum Gasteiger partial charge on any atom is -0.496 e. The minimum atomic E-state index is -0.439. The van der Waals surface area contributed by atoms with Gasteiger partial charge in [-0.3, -0.25) is 9.48 Å². The fourth-order valence-corrected chi connectivity index (χ4v) is 3.30. The van der Waals surface area contributed by atoms with Crippen LogP contribution in [0.25, 0.3) is 11.4 Å². The van der Waals surface area contributed by atoms with Gasteiger partial charge in [-0.25, -0.2) is 0 Å². The van der Waals surface area contributed by atoms with Gasteiger partial charge in [0.05, 0.1) is 19.3 Å². The predicted molar refractivity (Wildman–Crippen MR) is 115 cm³/mol. The van der Waals surface area contributed by atoms with E-state index in [4.69, 9.17) is 9.26 Å². The number of carbonyl (C=O) groups is 1. The second-order valence-electron chi connectivity index (χ2n) is 7.20. The summed E-state index contributed by atoms with van der Waals surface area (Å²) in [5.41, 5.74) is 4.84. The zero-order valence-electron chi connectivity index (χ0n) is 17.6. The topological polar surface area (TPSA) is 95.1 Å². The van der Waals surface area contributed by atoms with Gasteiger partial charge in [-0.15, -0.1) is 0 Å². The normalized spacial score (nSPS) is 10.8. The highest BCUT2D eigenvalue weighted by Crippen LogP contribution is 2.19. The Morgan fingerprint density at radius 3 is 2.61 bits per heavy atom. The van der Waals surface area contributed by atoms with Crippen LogP contribution in [0.2, 0.25) is 0 Å². The summed E-state index contributed by atoms with van der Waals surface area (Å²) in [6.45, 7) is 4.99. The highest BCUT2D eigenvalue weighted by Gasteiger charge is 2.16. The zero-order valence-corrected chi connectivity index (χ0v) is 17.6. The molecule has 0 unspecified atom stereocenters. The molecule has 1 N–H and O–H groups in total. The summed E-state index contributed by atoms with van der Waals surface area (Å²) in [6, 6.07) is 17.3. The van der Waals surface area contributed by atoms with E-state index < -0.39 is 5.91 Å². The number of benzene rings is 2. The Bertz CT molecular complexity index is 1190. The molecule has 8 heteroatoms. The van der Waals surface area contributed by atoms with Crippen LogP contribution in [0, 0.1) is 13.8 Å². The van der Waals surface area contributed by atoms with E-state index in [-0.39, 0.29) is 5.89 Å². The quantitative estimate of drug-likeness (QED) is 0.494. The Hall–Kier alpha value is -3.94. The number of para-hydroxylation sites is 1. The SMILES string of the molecule is COc1ccccc1CNC(=O)c1nc(-c2ccc(Cn3nc(C)cc3C)cc2)no1. The van der Waals surface area contributed by atoms with E-state index in [0.29, 0.717) is 24.7 Å². The maximum atomic E-state index is 12.4. The molecule has 2 aromatic carbocycles. The second-order valence-corrected chi connectivity index (χ2v) is 7.20. The lowest BCUT2D eigenvalue weighted by molar-refractivity contribution is 0.0906. The van der Waals surface area contributed by atoms with Crippen molar-refractivity contribution in [2.75, 3.05) is 7.11 Å². The number of amides is 1. The molecule has 2 heterocycles. The smallest absolute Gasteiger partial charge is 0.316 e.